The molecule has 33 heavy (non-hydrogen) atoms. The van der Waals surface area contributed by atoms with E-state index in [0.717, 1.165) is 47.1 Å². The molecule has 0 unspecified atom stereocenters. The van der Waals surface area contributed by atoms with Crippen LogP contribution in [0.1, 0.15) is 57.7 Å². The maximum atomic E-state index is 12.5. The number of para-hydroxylation sites is 1. The van der Waals surface area contributed by atoms with Gasteiger partial charge in [-0.05, 0) is 23.5 Å². The number of aromatic nitrogens is 2. The predicted octanol–water partition coefficient (Wildman–Crippen LogP) is 4.52. The molecule has 176 valence electrons. The van der Waals surface area contributed by atoms with Crippen molar-refractivity contribution in [3.05, 3.63) is 47.9 Å². The molecule has 0 spiro atoms. The molecule has 1 amide bonds. The molecular formula is C26H34N4O3. The van der Waals surface area contributed by atoms with E-state index in [-0.39, 0.29) is 17.2 Å². The summed E-state index contributed by atoms with van der Waals surface area (Å²) in [5, 5.41) is 3.44. The summed E-state index contributed by atoms with van der Waals surface area (Å²) in [6.07, 6.45) is 5.09. The maximum absolute atomic E-state index is 12.5. The summed E-state index contributed by atoms with van der Waals surface area (Å²) in [5.74, 6) is 2.89. The Kier molecular flexibility index (Phi) is 6.86. The lowest BCUT2D eigenvalue weighted by Crippen LogP contribution is -2.36. The van der Waals surface area contributed by atoms with Gasteiger partial charge in [0.25, 0.3) is 0 Å². The minimum absolute atomic E-state index is 0.00361. The molecular weight excluding hydrogens is 416 g/mol. The molecule has 0 bridgehead atoms. The standard InChI is InChI=1S/C26H34N4O3/c1-18(20-6-5-7-22-25(20)33-13-12-32-22)16-27-23-14-21(28-17-29-23)19-8-10-30(11-9-19)24(31)15-26(2,3)4/h5-8,14,17-18H,9-13,15-16H2,1-4H3,(H,27,28,29)/t18-/m1/s1. The molecule has 1 N–H and O–H groups in total. The van der Waals surface area contributed by atoms with Crippen LogP contribution in [0.25, 0.3) is 5.57 Å². The van der Waals surface area contributed by atoms with Crippen LogP contribution in [0.2, 0.25) is 0 Å². The van der Waals surface area contributed by atoms with Crippen LogP contribution in [-0.4, -0.2) is 53.6 Å². The fraction of sp³-hybridized carbons (Fsp3) is 0.500. The molecule has 7 nitrogen and oxygen atoms in total. The van der Waals surface area contributed by atoms with Crippen LogP contribution in [0.3, 0.4) is 0 Å². The third-order valence-corrected chi connectivity index (χ3v) is 5.96. The molecule has 7 heteroatoms. The smallest absolute Gasteiger partial charge is 0.223 e. The third-order valence-electron chi connectivity index (χ3n) is 5.96. The van der Waals surface area contributed by atoms with Crippen molar-refractivity contribution < 1.29 is 14.3 Å². The zero-order valence-corrected chi connectivity index (χ0v) is 20.1. The van der Waals surface area contributed by atoms with E-state index < -0.39 is 0 Å². The third kappa shape index (κ3) is 5.83. The largest absolute Gasteiger partial charge is 0.486 e. The van der Waals surface area contributed by atoms with Gasteiger partial charge in [0.05, 0.1) is 5.69 Å². The van der Waals surface area contributed by atoms with Crippen LogP contribution in [0.4, 0.5) is 5.82 Å². The van der Waals surface area contributed by atoms with E-state index in [1.165, 1.54) is 0 Å². The molecule has 4 rings (SSSR count). The highest BCUT2D eigenvalue weighted by Crippen LogP contribution is 2.37. The Morgan fingerprint density at radius 2 is 2.03 bits per heavy atom. The highest BCUT2D eigenvalue weighted by Gasteiger charge is 2.23. The fourth-order valence-corrected chi connectivity index (χ4v) is 4.18. The molecule has 0 aliphatic carbocycles. The number of carbonyl (C=O) groups excluding carboxylic acids is 1. The first-order chi connectivity index (χ1) is 15.8. The van der Waals surface area contributed by atoms with Gasteiger partial charge in [0, 0.05) is 43.6 Å². The number of rotatable bonds is 6. The van der Waals surface area contributed by atoms with Gasteiger partial charge in [0.15, 0.2) is 11.5 Å². The topological polar surface area (TPSA) is 76.6 Å². The van der Waals surface area contributed by atoms with Gasteiger partial charge in [-0.15, -0.1) is 0 Å². The molecule has 2 aliphatic rings. The Labute approximate surface area is 196 Å². The first kappa shape index (κ1) is 23.1. The van der Waals surface area contributed by atoms with Crippen LogP contribution < -0.4 is 14.8 Å². The molecule has 2 aromatic rings. The summed E-state index contributed by atoms with van der Waals surface area (Å²) in [6, 6.07) is 8.04. The fourth-order valence-electron chi connectivity index (χ4n) is 4.18. The van der Waals surface area contributed by atoms with Crippen molar-refractivity contribution in [2.75, 3.05) is 38.2 Å². The van der Waals surface area contributed by atoms with E-state index >= 15 is 0 Å². The lowest BCUT2D eigenvalue weighted by atomic mass is 9.91. The number of nitrogens with one attached hydrogen (secondary N) is 1. The quantitative estimate of drug-likeness (QED) is 0.698. The van der Waals surface area contributed by atoms with Gasteiger partial charge in [-0.25, -0.2) is 9.97 Å². The Morgan fingerprint density at radius 3 is 2.79 bits per heavy atom. The Morgan fingerprint density at radius 1 is 1.21 bits per heavy atom. The van der Waals surface area contributed by atoms with Gasteiger partial charge < -0.3 is 19.7 Å². The van der Waals surface area contributed by atoms with Crippen LogP contribution >= 0.6 is 0 Å². The van der Waals surface area contributed by atoms with Gasteiger partial charge in [-0.2, -0.15) is 0 Å². The highest BCUT2D eigenvalue weighted by atomic mass is 16.6. The van der Waals surface area contributed by atoms with Gasteiger partial charge in [-0.3, -0.25) is 4.79 Å². The van der Waals surface area contributed by atoms with E-state index in [1.54, 1.807) is 6.33 Å². The summed E-state index contributed by atoms with van der Waals surface area (Å²) >= 11 is 0. The summed E-state index contributed by atoms with van der Waals surface area (Å²) in [5.41, 5.74) is 3.21. The first-order valence-corrected chi connectivity index (χ1v) is 11.7. The van der Waals surface area contributed by atoms with Gasteiger partial charge in [0.2, 0.25) is 5.91 Å². The first-order valence-electron chi connectivity index (χ1n) is 11.7. The van der Waals surface area contributed by atoms with Crippen LogP contribution in [0, 0.1) is 5.41 Å². The average Bonchev–Trinajstić information content (AvgIpc) is 2.81. The van der Waals surface area contributed by atoms with Gasteiger partial charge in [0.1, 0.15) is 25.4 Å². The molecule has 0 saturated carbocycles. The minimum atomic E-state index is 0.00361. The number of hydrogen-bond acceptors (Lipinski definition) is 6. The van der Waals surface area contributed by atoms with E-state index in [1.807, 2.05) is 23.1 Å². The van der Waals surface area contributed by atoms with Crippen LogP contribution in [-0.2, 0) is 4.79 Å². The van der Waals surface area contributed by atoms with Crippen LogP contribution in [0.5, 0.6) is 11.5 Å². The molecule has 1 aromatic heterocycles. The number of ether oxygens (including phenoxy) is 2. The lowest BCUT2D eigenvalue weighted by Gasteiger charge is -2.29. The van der Waals surface area contributed by atoms with Crippen molar-refractivity contribution in [1.29, 1.82) is 0 Å². The molecule has 0 saturated heterocycles. The second-order valence-corrected chi connectivity index (χ2v) is 10.00. The van der Waals surface area contributed by atoms with Gasteiger partial charge >= 0.3 is 0 Å². The molecule has 0 fully saturated rings. The average molecular weight is 451 g/mol. The second-order valence-electron chi connectivity index (χ2n) is 10.00. The van der Waals surface area contributed by atoms with Gasteiger partial charge in [-0.1, -0.05) is 45.9 Å². The maximum Gasteiger partial charge on any atom is 0.223 e. The molecule has 2 aliphatic heterocycles. The molecule has 3 heterocycles. The number of amides is 1. The normalized spacial score (nSPS) is 16.7. The van der Waals surface area contributed by atoms with Crippen LogP contribution in [0.15, 0.2) is 36.7 Å². The van der Waals surface area contributed by atoms with Crippen molar-refractivity contribution in [2.24, 2.45) is 5.41 Å². The van der Waals surface area contributed by atoms with Crippen molar-refractivity contribution >= 4 is 17.3 Å². The van der Waals surface area contributed by atoms with Crippen molar-refractivity contribution in [3.63, 3.8) is 0 Å². The summed E-state index contributed by atoms with van der Waals surface area (Å²) in [7, 11) is 0. The zero-order valence-electron chi connectivity index (χ0n) is 20.1. The Balaban J connectivity index is 1.37. The molecule has 0 radical (unpaired) electrons. The van der Waals surface area contributed by atoms with Crippen molar-refractivity contribution in [2.45, 2.75) is 46.5 Å². The molecule has 1 atom stereocenters. The summed E-state index contributed by atoms with van der Waals surface area (Å²) < 4.78 is 11.6. The van der Waals surface area contributed by atoms with E-state index in [2.05, 4.69) is 55.1 Å². The summed E-state index contributed by atoms with van der Waals surface area (Å²) in [6.45, 7) is 11.7. The van der Waals surface area contributed by atoms with E-state index in [4.69, 9.17) is 9.47 Å². The number of fused-ring (bicyclic) bond motifs is 1. The number of carbonyl (C=O) groups is 1. The number of benzene rings is 1. The monoisotopic (exact) mass is 450 g/mol. The summed E-state index contributed by atoms with van der Waals surface area (Å²) in [4.78, 5) is 23.3. The second kappa shape index (κ2) is 9.81. The number of hydrogen-bond donors (Lipinski definition) is 1. The Bertz CT molecular complexity index is 1030. The lowest BCUT2D eigenvalue weighted by molar-refractivity contribution is -0.132. The van der Waals surface area contributed by atoms with Crippen molar-refractivity contribution in [3.8, 4) is 11.5 Å². The number of anilines is 1. The zero-order chi connectivity index (χ0) is 23.4. The molecule has 1 aromatic carbocycles. The van der Waals surface area contributed by atoms with E-state index in [0.29, 0.717) is 32.7 Å². The SMILES string of the molecule is C[C@H](CNc1cc(C2=CCN(C(=O)CC(C)(C)C)CC2)ncn1)c1cccc2c1OCCO2. The predicted molar refractivity (Wildman–Crippen MR) is 130 cm³/mol. The Hall–Kier alpha value is -3.09. The van der Waals surface area contributed by atoms with Crippen molar-refractivity contribution in [1.82, 2.24) is 14.9 Å². The number of nitrogens with zero attached hydrogens (tertiary/aromatic N) is 3. The van der Waals surface area contributed by atoms with E-state index in [9.17, 15) is 4.79 Å². The minimum Gasteiger partial charge on any atom is -0.486 e. The highest BCUT2D eigenvalue weighted by molar-refractivity contribution is 5.78.